The van der Waals surface area contributed by atoms with Crippen molar-refractivity contribution in [3.8, 4) is 22.8 Å². The van der Waals surface area contributed by atoms with E-state index in [4.69, 9.17) is 25.7 Å². The van der Waals surface area contributed by atoms with Gasteiger partial charge in [0.2, 0.25) is 5.89 Å². The van der Waals surface area contributed by atoms with Gasteiger partial charge < -0.3 is 13.7 Å². The van der Waals surface area contributed by atoms with Gasteiger partial charge in [0, 0.05) is 35.0 Å². The summed E-state index contributed by atoms with van der Waals surface area (Å²) in [7, 11) is 3.36. The molecule has 4 rings (SSSR count). The Balaban J connectivity index is 1.80. The van der Waals surface area contributed by atoms with Crippen molar-refractivity contribution in [2.45, 2.75) is 12.8 Å². The van der Waals surface area contributed by atoms with Gasteiger partial charge in [-0.1, -0.05) is 41.9 Å². The Hall–Kier alpha value is -3.05. The van der Waals surface area contributed by atoms with Crippen molar-refractivity contribution in [3.05, 3.63) is 65.4 Å². The van der Waals surface area contributed by atoms with Crippen LogP contribution in [0.1, 0.15) is 12.2 Å². The van der Waals surface area contributed by atoms with Crippen LogP contribution < -0.4 is 0 Å². The fourth-order valence-electron chi connectivity index (χ4n) is 3.28. The fourth-order valence-corrected chi connectivity index (χ4v) is 3.40. The molecule has 0 radical (unpaired) electrons. The Morgan fingerprint density at radius 3 is 2.64 bits per heavy atom. The third-order valence-corrected chi connectivity index (χ3v) is 5.02. The SMILES string of the molecule is COC(=O)CCc1oc(-c2cc3ccccc3n2C)nc1-c1ccc(Cl)cc1. The van der Waals surface area contributed by atoms with Crippen LogP contribution in [0.4, 0.5) is 0 Å². The van der Waals surface area contributed by atoms with Crippen LogP contribution in [-0.2, 0) is 23.0 Å². The smallest absolute Gasteiger partial charge is 0.305 e. The number of benzene rings is 2. The highest BCUT2D eigenvalue weighted by molar-refractivity contribution is 6.30. The summed E-state index contributed by atoms with van der Waals surface area (Å²) in [6, 6.07) is 17.6. The van der Waals surface area contributed by atoms with E-state index in [0.717, 1.165) is 22.2 Å². The lowest BCUT2D eigenvalue weighted by Gasteiger charge is -2.01. The highest BCUT2D eigenvalue weighted by atomic mass is 35.5. The van der Waals surface area contributed by atoms with Gasteiger partial charge in [-0.05, 0) is 24.3 Å². The zero-order chi connectivity index (χ0) is 19.7. The molecule has 28 heavy (non-hydrogen) atoms. The first kappa shape index (κ1) is 18.3. The molecule has 5 nitrogen and oxygen atoms in total. The van der Waals surface area contributed by atoms with Crippen LogP contribution in [0.3, 0.4) is 0 Å². The minimum Gasteiger partial charge on any atom is -0.469 e. The minimum absolute atomic E-state index is 0.223. The second-order valence-corrected chi connectivity index (χ2v) is 6.96. The molecule has 0 aliphatic heterocycles. The molecule has 0 fully saturated rings. The number of methoxy groups -OCH3 is 1. The van der Waals surface area contributed by atoms with E-state index in [9.17, 15) is 4.79 Å². The van der Waals surface area contributed by atoms with Crippen molar-refractivity contribution in [2.75, 3.05) is 7.11 Å². The summed E-state index contributed by atoms with van der Waals surface area (Å²) in [5, 5.41) is 1.76. The number of rotatable bonds is 5. The minimum atomic E-state index is -0.287. The number of carbonyl (C=O) groups is 1. The highest BCUT2D eigenvalue weighted by Crippen LogP contribution is 2.33. The van der Waals surface area contributed by atoms with E-state index >= 15 is 0 Å². The van der Waals surface area contributed by atoms with Crippen molar-refractivity contribution >= 4 is 28.5 Å². The maximum absolute atomic E-state index is 11.6. The van der Waals surface area contributed by atoms with Gasteiger partial charge in [0.15, 0.2) is 0 Å². The Kier molecular flexibility index (Phi) is 4.92. The highest BCUT2D eigenvalue weighted by Gasteiger charge is 2.20. The number of oxazole rings is 1. The summed E-state index contributed by atoms with van der Waals surface area (Å²) in [4.78, 5) is 16.4. The van der Waals surface area contributed by atoms with Crippen LogP contribution in [0.2, 0.25) is 5.02 Å². The molecule has 142 valence electrons. The average molecular weight is 395 g/mol. The normalized spacial score (nSPS) is 11.1. The number of fused-ring (bicyclic) bond motifs is 1. The molecule has 2 aromatic heterocycles. The van der Waals surface area contributed by atoms with Crippen molar-refractivity contribution in [1.82, 2.24) is 9.55 Å². The first-order valence-corrected chi connectivity index (χ1v) is 9.32. The van der Waals surface area contributed by atoms with Gasteiger partial charge in [-0.15, -0.1) is 0 Å². The van der Waals surface area contributed by atoms with Crippen LogP contribution in [0, 0.1) is 0 Å². The zero-order valence-corrected chi connectivity index (χ0v) is 16.4. The molecule has 0 saturated carbocycles. The van der Waals surface area contributed by atoms with Gasteiger partial charge in [0.25, 0.3) is 0 Å². The molecule has 4 aromatic rings. The molecule has 0 bridgehead atoms. The predicted octanol–water partition coefficient (Wildman–Crippen LogP) is 5.26. The lowest BCUT2D eigenvalue weighted by Crippen LogP contribution is -2.02. The number of nitrogens with zero attached hydrogens (tertiary/aromatic N) is 2. The third-order valence-electron chi connectivity index (χ3n) is 4.77. The van der Waals surface area contributed by atoms with Crippen LogP contribution in [-0.4, -0.2) is 22.6 Å². The van der Waals surface area contributed by atoms with Gasteiger partial charge in [-0.25, -0.2) is 4.98 Å². The number of hydrogen-bond donors (Lipinski definition) is 0. The first-order chi connectivity index (χ1) is 13.6. The van der Waals surface area contributed by atoms with Crippen LogP contribution >= 0.6 is 11.6 Å². The van der Waals surface area contributed by atoms with Gasteiger partial charge in [-0.3, -0.25) is 4.79 Å². The molecule has 0 amide bonds. The Morgan fingerprint density at radius 2 is 1.93 bits per heavy atom. The summed E-state index contributed by atoms with van der Waals surface area (Å²) in [6.45, 7) is 0. The quantitative estimate of drug-likeness (QED) is 0.433. The molecule has 0 N–H and O–H groups in total. The number of halogens is 1. The molecule has 0 aliphatic carbocycles. The topological polar surface area (TPSA) is 57.3 Å². The molecule has 2 heterocycles. The van der Waals surface area contributed by atoms with Crippen molar-refractivity contribution in [3.63, 3.8) is 0 Å². The summed E-state index contributed by atoms with van der Waals surface area (Å²) in [5.74, 6) is 0.876. The molecule has 0 saturated heterocycles. The molecule has 0 unspecified atom stereocenters. The van der Waals surface area contributed by atoms with Gasteiger partial charge in [0.1, 0.15) is 17.1 Å². The number of carbonyl (C=O) groups excluding carboxylic acids is 1. The maximum atomic E-state index is 11.6. The monoisotopic (exact) mass is 394 g/mol. The van der Waals surface area contributed by atoms with Gasteiger partial charge in [0.05, 0.1) is 13.5 Å². The average Bonchev–Trinajstić information content (AvgIpc) is 3.28. The summed E-state index contributed by atoms with van der Waals surface area (Å²) < 4.78 is 12.9. The number of aromatic nitrogens is 2. The number of ether oxygens (including phenoxy) is 1. The van der Waals surface area contributed by atoms with Gasteiger partial charge in [-0.2, -0.15) is 0 Å². The van der Waals surface area contributed by atoms with E-state index in [2.05, 4.69) is 22.8 Å². The lowest BCUT2D eigenvalue weighted by atomic mass is 10.1. The van der Waals surface area contributed by atoms with E-state index in [1.165, 1.54) is 7.11 Å². The number of esters is 1. The fraction of sp³-hybridized carbons (Fsp3) is 0.182. The summed E-state index contributed by atoms with van der Waals surface area (Å²) in [5.41, 5.74) is 3.57. The van der Waals surface area contributed by atoms with Gasteiger partial charge >= 0.3 is 5.97 Å². The van der Waals surface area contributed by atoms with Crippen molar-refractivity contribution in [1.29, 1.82) is 0 Å². The standard InChI is InChI=1S/C22H19ClN2O3/c1-25-17-6-4-3-5-15(17)13-18(25)22-24-21(14-7-9-16(23)10-8-14)19(28-22)11-12-20(26)27-2/h3-10,13H,11-12H2,1-2H3. The molecule has 2 aromatic carbocycles. The Morgan fingerprint density at radius 1 is 1.18 bits per heavy atom. The van der Waals surface area contributed by atoms with Crippen molar-refractivity contribution in [2.24, 2.45) is 7.05 Å². The van der Waals surface area contributed by atoms with E-state index in [-0.39, 0.29) is 12.4 Å². The summed E-state index contributed by atoms with van der Waals surface area (Å²) >= 11 is 6.02. The Bertz CT molecular complexity index is 1140. The van der Waals surface area contributed by atoms with Crippen LogP contribution in [0.15, 0.2) is 59.0 Å². The zero-order valence-electron chi connectivity index (χ0n) is 15.6. The van der Waals surface area contributed by atoms with Crippen LogP contribution in [0.5, 0.6) is 0 Å². The molecule has 0 atom stereocenters. The van der Waals surface area contributed by atoms with E-state index in [0.29, 0.717) is 28.8 Å². The Labute approximate surface area is 167 Å². The van der Waals surface area contributed by atoms with Crippen molar-refractivity contribution < 1.29 is 13.9 Å². The maximum Gasteiger partial charge on any atom is 0.305 e. The predicted molar refractivity (Wildman–Crippen MR) is 109 cm³/mol. The lowest BCUT2D eigenvalue weighted by molar-refractivity contribution is -0.140. The molecule has 0 spiro atoms. The van der Waals surface area contributed by atoms with E-state index < -0.39 is 0 Å². The third kappa shape index (κ3) is 3.41. The second-order valence-electron chi connectivity index (χ2n) is 6.52. The summed E-state index contributed by atoms with van der Waals surface area (Å²) in [6.07, 6.45) is 0.627. The number of hydrogen-bond acceptors (Lipinski definition) is 4. The molecule has 0 aliphatic rings. The van der Waals surface area contributed by atoms with E-state index in [1.54, 1.807) is 0 Å². The molecule has 6 heteroatoms. The largest absolute Gasteiger partial charge is 0.469 e. The van der Waals surface area contributed by atoms with E-state index in [1.807, 2.05) is 43.4 Å². The second kappa shape index (κ2) is 7.52. The first-order valence-electron chi connectivity index (χ1n) is 8.94. The number of para-hydroxylation sites is 1. The van der Waals surface area contributed by atoms with Crippen LogP contribution in [0.25, 0.3) is 33.7 Å². The molecular weight excluding hydrogens is 376 g/mol. The number of aryl methyl sites for hydroxylation is 2. The molecular formula is C22H19ClN2O3.